The average molecular weight is 1050 g/mol. The first-order chi connectivity index (χ1) is 34.5. The molecule has 9 rings (SSSR count). The number of hydrogen-bond acceptors (Lipinski definition) is 19. The van der Waals surface area contributed by atoms with Gasteiger partial charge in [0.1, 0.15) is 6.61 Å². The van der Waals surface area contributed by atoms with Crippen LogP contribution in [0.1, 0.15) is 94.2 Å². The van der Waals surface area contributed by atoms with Crippen molar-refractivity contribution in [3.05, 3.63) is 65.7 Å². The Bertz CT molecular complexity index is 2480. The molecule has 6 saturated heterocycles. The Morgan fingerprint density at radius 1 is 0.486 bits per heavy atom. The molecular weight excluding hydrogens is 982 g/mol. The van der Waals surface area contributed by atoms with E-state index in [2.05, 4.69) is 11.1 Å². The minimum absolute atomic E-state index is 0.0360. The summed E-state index contributed by atoms with van der Waals surface area (Å²) in [6.45, 7) is 16.9. The zero-order valence-electron chi connectivity index (χ0n) is 43.6. The van der Waals surface area contributed by atoms with Gasteiger partial charge in [0, 0.05) is 12.1 Å². The van der Waals surface area contributed by atoms with Crippen molar-refractivity contribution in [3.63, 3.8) is 0 Å². The van der Waals surface area contributed by atoms with E-state index in [1.807, 2.05) is 30.3 Å². The van der Waals surface area contributed by atoms with Gasteiger partial charge in [0.05, 0.1) is 51.3 Å². The van der Waals surface area contributed by atoms with Crippen molar-refractivity contribution >= 4 is 0 Å². The molecule has 6 atom stereocenters. The molecule has 0 radical (unpaired) electrons. The van der Waals surface area contributed by atoms with Gasteiger partial charge in [-0.1, -0.05) is 30.3 Å². The monoisotopic (exact) mass is 1050 g/mol. The number of ether oxygens (including phenoxy) is 17. The number of hydrogen-bond donors (Lipinski definition) is 0. The highest BCUT2D eigenvalue weighted by Crippen LogP contribution is 2.51. The van der Waals surface area contributed by atoms with E-state index in [9.17, 15) is 5.26 Å². The van der Waals surface area contributed by atoms with Crippen LogP contribution < -0.4 is 23.7 Å². The average Bonchev–Trinajstić information content (AvgIpc) is 4.20. The Balaban J connectivity index is 1.25. The number of benzene rings is 2. The highest BCUT2D eigenvalue weighted by molar-refractivity contribution is 5.53. The van der Waals surface area contributed by atoms with E-state index < -0.39 is 112 Å². The minimum atomic E-state index is -3.09. The lowest BCUT2D eigenvalue weighted by atomic mass is 10.0. The first kappa shape index (κ1) is 54.2. The predicted octanol–water partition coefficient (Wildman–Crippen LogP) is 8.37. The summed E-state index contributed by atoms with van der Waals surface area (Å²) in [6.07, 6.45) is -9.28. The van der Waals surface area contributed by atoms with Crippen LogP contribution in [0.15, 0.2) is 54.6 Å². The van der Waals surface area contributed by atoms with E-state index in [1.54, 1.807) is 83.1 Å². The number of alkyl halides is 3. The van der Waals surface area contributed by atoms with Gasteiger partial charge in [-0.2, -0.15) is 23.4 Å². The van der Waals surface area contributed by atoms with Crippen LogP contribution in [0, 0.1) is 11.3 Å². The van der Waals surface area contributed by atoms with Crippen LogP contribution in [0.2, 0.25) is 0 Å². The second-order valence-corrected chi connectivity index (χ2v) is 21.5. The molecule has 0 bridgehead atoms. The van der Waals surface area contributed by atoms with Gasteiger partial charge in [-0.25, -0.2) is 0 Å². The molecule has 7 heterocycles. The Morgan fingerprint density at radius 3 is 1.20 bits per heavy atom. The topological polar surface area (TPSA) is 194 Å². The first-order valence-electron chi connectivity index (χ1n) is 24.5. The second kappa shape index (κ2) is 19.4. The Hall–Kier alpha value is -4.61. The fourth-order valence-electron chi connectivity index (χ4n) is 9.14. The van der Waals surface area contributed by atoms with Crippen LogP contribution in [-0.2, 0) is 63.4 Å². The van der Waals surface area contributed by atoms with E-state index in [1.165, 1.54) is 18.2 Å². The number of nitrogens with zero attached hydrogens (tertiary/aromatic N) is 2. The fourth-order valence-corrected chi connectivity index (χ4v) is 9.14. The molecule has 0 amide bonds. The summed E-state index contributed by atoms with van der Waals surface area (Å²) in [5.74, 6) is -20.0. The molecule has 0 saturated carbocycles. The maximum Gasteiger partial charge on any atom is 0.306 e. The maximum atomic E-state index is 18.8. The normalized spacial score (nSPS) is 30.7. The Labute approximate surface area is 427 Å². The summed E-state index contributed by atoms with van der Waals surface area (Å²) in [5.41, 5.74) is 0.892. The van der Waals surface area contributed by atoms with Crippen molar-refractivity contribution < 1.29 is 93.7 Å². The maximum absolute atomic E-state index is 18.8. The molecule has 6 unspecified atom stereocenters. The van der Waals surface area contributed by atoms with Gasteiger partial charge < -0.3 is 80.5 Å². The van der Waals surface area contributed by atoms with Crippen LogP contribution in [0.5, 0.6) is 34.8 Å². The zero-order valence-corrected chi connectivity index (χ0v) is 43.6. The molecular formula is C52H65F3N2O17. The van der Waals surface area contributed by atoms with Crippen LogP contribution in [0.3, 0.4) is 0 Å². The summed E-state index contributed by atoms with van der Waals surface area (Å²) in [7, 11) is 0. The third-order valence-corrected chi connectivity index (χ3v) is 12.9. The SMILES string of the molecule is CC1(C)OCC(C(F)(Oc2cc(OC(F)(C3COC(C)(C)O3)C3COC(C)(C)O3)c(OC(F)(C3COC(C)(C)O3)C3COC(C)(C)O3)nc2Oc2cc(C#N)ccc2OCc2ccccc2)C2COC(C)(C)O2)O1. The lowest BCUT2D eigenvalue weighted by Gasteiger charge is -2.38. The zero-order chi connectivity index (χ0) is 53.3. The van der Waals surface area contributed by atoms with E-state index in [4.69, 9.17) is 80.5 Å². The molecule has 406 valence electrons. The quantitative estimate of drug-likeness (QED) is 0.125. The summed E-state index contributed by atoms with van der Waals surface area (Å²) >= 11 is 0. The van der Waals surface area contributed by atoms with Crippen molar-refractivity contribution in [3.8, 4) is 40.8 Å². The molecule has 2 aromatic carbocycles. The number of nitriles is 1. The summed E-state index contributed by atoms with van der Waals surface area (Å²) in [6, 6.07) is 16.6. The van der Waals surface area contributed by atoms with Gasteiger partial charge in [-0.3, -0.25) is 0 Å². The van der Waals surface area contributed by atoms with E-state index in [0.717, 1.165) is 11.6 Å². The summed E-state index contributed by atoms with van der Waals surface area (Å²) in [4.78, 5) is 4.69. The van der Waals surface area contributed by atoms with Gasteiger partial charge in [0.15, 0.2) is 94.3 Å². The molecule has 74 heavy (non-hydrogen) atoms. The van der Waals surface area contributed by atoms with Crippen LogP contribution in [-0.4, -0.2) is 134 Å². The van der Waals surface area contributed by atoms with E-state index in [0.29, 0.717) is 0 Å². The van der Waals surface area contributed by atoms with Crippen molar-refractivity contribution in [1.82, 2.24) is 4.98 Å². The van der Waals surface area contributed by atoms with Crippen LogP contribution >= 0.6 is 0 Å². The second-order valence-electron chi connectivity index (χ2n) is 21.5. The molecule has 1 aromatic heterocycles. The molecule has 0 N–H and O–H groups in total. The largest absolute Gasteiger partial charge is 0.485 e. The summed E-state index contributed by atoms with van der Waals surface area (Å²) < 4.78 is 160. The van der Waals surface area contributed by atoms with Crippen LogP contribution in [0.25, 0.3) is 0 Å². The third kappa shape index (κ3) is 11.5. The van der Waals surface area contributed by atoms with E-state index in [-0.39, 0.29) is 63.3 Å². The van der Waals surface area contributed by atoms with Gasteiger partial charge >= 0.3 is 17.6 Å². The number of aromatic nitrogens is 1. The van der Waals surface area contributed by atoms with E-state index >= 15 is 13.2 Å². The molecule has 0 aliphatic carbocycles. The smallest absolute Gasteiger partial charge is 0.306 e. The first-order valence-corrected chi connectivity index (χ1v) is 24.5. The molecule has 3 aromatic rings. The van der Waals surface area contributed by atoms with Crippen molar-refractivity contribution in [2.24, 2.45) is 0 Å². The lowest BCUT2D eigenvalue weighted by molar-refractivity contribution is -0.257. The van der Waals surface area contributed by atoms with Crippen molar-refractivity contribution in [2.45, 2.75) is 179 Å². The Morgan fingerprint density at radius 2 is 0.851 bits per heavy atom. The third-order valence-electron chi connectivity index (χ3n) is 12.9. The Kier molecular flexibility index (Phi) is 14.2. The van der Waals surface area contributed by atoms with Crippen molar-refractivity contribution in [1.29, 1.82) is 5.26 Å². The molecule has 6 fully saturated rings. The number of pyridine rings is 1. The van der Waals surface area contributed by atoms with Gasteiger partial charge in [-0.15, -0.1) is 0 Å². The minimum Gasteiger partial charge on any atom is -0.485 e. The number of rotatable bonds is 17. The molecule has 6 aliphatic rings. The van der Waals surface area contributed by atoms with Gasteiger partial charge in [0.25, 0.3) is 11.8 Å². The number of halogens is 3. The van der Waals surface area contributed by atoms with Crippen LogP contribution in [0.4, 0.5) is 13.2 Å². The highest BCUT2D eigenvalue weighted by Gasteiger charge is 2.63. The molecule has 22 heteroatoms. The standard InChI is InChI=1S/C52H65F3N2O17/c1-44(2)59-24-36(68-44)50(53,37-25-60-45(3,4)69-37)66-34-21-35(67-51(54,38-26-61-46(5,6)70-38)39-27-62-47(7,8)71-39)43(74-52(55,40-28-63-48(9,10)72-40)41-29-64-49(11,12)73-41)57-42(34)65-33-20-31(22-56)18-19-32(33)58-23-30-16-14-13-15-17-30/h13-21,36-41H,23-29H2,1-12H3. The van der Waals surface area contributed by atoms with Gasteiger partial charge in [0.2, 0.25) is 0 Å². The molecule has 19 nitrogen and oxygen atoms in total. The highest BCUT2D eigenvalue weighted by atomic mass is 19.2. The van der Waals surface area contributed by atoms with Gasteiger partial charge in [-0.05, 0) is 101 Å². The molecule has 0 spiro atoms. The predicted molar refractivity (Wildman–Crippen MR) is 249 cm³/mol. The molecule has 6 aliphatic heterocycles. The lowest BCUT2D eigenvalue weighted by Crippen LogP contribution is -2.57. The summed E-state index contributed by atoms with van der Waals surface area (Å²) in [5, 5.41) is 10.1. The fraction of sp³-hybridized carbons (Fsp3) is 0.654. The van der Waals surface area contributed by atoms with Crippen molar-refractivity contribution in [2.75, 3.05) is 39.6 Å².